The normalized spacial score (nSPS) is 12.6. The average molecular weight is 540 g/mol. The van der Waals surface area contributed by atoms with E-state index < -0.39 is 13.2 Å². The monoisotopic (exact) mass is 539 g/mol. The van der Waals surface area contributed by atoms with Crippen molar-refractivity contribution in [2.45, 2.75) is 6.92 Å². The van der Waals surface area contributed by atoms with Crippen molar-refractivity contribution in [2.24, 2.45) is 5.92 Å². The fourth-order valence-corrected chi connectivity index (χ4v) is 10.2. The number of hydrogen-bond donors (Lipinski definition) is 4. The minimum atomic E-state index is -2.37. The zero-order valence-corrected chi connectivity index (χ0v) is 22.9. The molecule has 39 heavy (non-hydrogen) atoms. The Bertz CT molecular complexity index is 1300. The van der Waals surface area contributed by atoms with Crippen molar-refractivity contribution >= 4 is 41.1 Å². The molecule has 0 aromatic heterocycles. The van der Waals surface area contributed by atoms with E-state index >= 15 is 0 Å². The van der Waals surface area contributed by atoms with Crippen LogP contribution in [0, 0.1) is 5.92 Å². The Labute approximate surface area is 230 Å². The fourth-order valence-electron chi connectivity index (χ4n) is 4.99. The predicted molar refractivity (Wildman–Crippen MR) is 161 cm³/mol. The molecule has 0 bridgehead atoms. The molecule has 1 unspecified atom stereocenters. The van der Waals surface area contributed by atoms with Crippen LogP contribution in [0.1, 0.15) is 22.8 Å². The van der Waals surface area contributed by atoms with Crippen molar-refractivity contribution in [1.29, 1.82) is 0 Å². The molecule has 200 valence electrons. The summed E-state index contributed by atoms with van der Waals surface area (Å²) >= 11 is 0. The quantitative estimate of drug-likeness (QED) is 0.101. The van der Waals surface area contributed by atoms with Crippen molar-refractivity contribution in [3.8, 4) is 0 Å². The van der Waals surface area contributed by atoms with Crippen molar-refractivity contribution < 1.29 is 14.8 Å². The van der Waals surface area contributed by atoms with Crippen molar-refractivity contribution in [2.75, 3.05) is 12.7 Å². The van der Waals surface area contributed by atoms with E-state index in [4.69, 9.17) is 5.21 Å². The van der Waals surface area contributed by atoms with Gasteiger partial charge >= 0.3 is 215 Å². The zero-order chi connectivity index (χ0) is 27.5. The van der Waals surface area contributed by atoms with Crippen LogP contribution in [0.15, 0.2) is 121 Å². The number of carbonyl (C=O) groups is 2. The van der Waals surface area contributed by atoms with Crippen LogP contribution in [0.25, 0.3) is 6.08 Å². The van der Waals surface area contributed by atoms with E-state index in [1.54, 1.807) is 29.7 Å². The molecule has 0 heterocycles. The maximum absolute atomic E-state index is 12.8. The molecule has 7 heteroatoms. The summed E-state index contributed by atoms with van der Waals surface area (Å²) < 4.78 is 0. The molecular formula is C32H34N3O3P. The second-order valence-corrected chi connectivity index (χ2v) is 13.5. The van der Waals surface area contributed by atoms with E-state index in [1.807, 2.05) is 0 Å². The first-order valence-electron chi connectivity index (χ1n) is 12.9. The number of carbonyl (C=O) groups excluding carboxylic acids is 2. The Morgan fingerprint density at radius 1 is 0.795 bits per heavy atom. The molecule has 0 aliphatic rings. The molecule has 0 saturated carbocycles. The predicted octanol–water partition coefficient (Wildman–Crippen LogP) is 3.80. The topological polar surface area (TPSA) is 90.5 Å². The summed E-state index contributed by atoms with van der Waals surface area (Å²) in [6, 6.07) is 39.3. The van der Waals surface area contributed by atoms with Gasteiger partial charge in [0.25, 0.3) is 0 Å². The summed E-state index contributed by atoms with van der Waals surface area (Å²) in [5, 5.41) is 12.7. The SMILES string of the molecule is CC(CNNC(=O)c1cccc(/C=C/C(=O)NO)c1)C[PH](c1ccccc1)(c1ccccc1)c1ccccc1. The number of benzene rings is 4. The van der Waals surface area contributed by atoms with E-state index in [0.717, 1.165) is 6.16 Å². The Balaban J connectivity index is 1.51. The third-order valence-corrected chi connectivity index (χ3v) is 12.1. The van der Waals surface area contributed by atoms with Gasteiger partial charge in [0.15, 0.2) is 0 Å². The van der Waals surface area contributed by atoms with Gasteiger partial charge in [0.1, 0.15) is 0 Å². The summed E-state index contributed by atoms with van der Waals surface area (Å²) in [6.45, 7) is 2.82. The maximum atomic E-state index is 12.8. The van der Waals surface area contributed by atoms with Gasteiger partial charge in [-0.1, -0.05) is 0 Å². The van der Waals surface area contributed by atoms with Gasteiger partial charge in [0.2, 0.25) is 0 Å². The van der Waals surface area contributed by atoms with Crippen LogP contribution in [0.3, 0.4) is 0 Å². The van der Waals surface area contributed by atoms with Gasteiger partial charge in [-0.2, -0.15) is 0 Å². The van der Waals surface area contributed by atoms with E-state index in [-0.39, 0.29) is 11.8 Å². The molecule has 4 rings (SSSR count). The van der Waals surface area contributed by atoms with Crippen molar-refractivity contribution in [3.63, 3.8) is 0 Å². The van der Waals surface area contributed by atoms with Crippen LogP contribution in [-0.4, -0.2) is 29.7 Å². The summed E-state index contributed by atoms with van der Waals surface area (Å²) in [7, 11) is -2.37. The standard InChI is InChI=1S/C32H34N3O3P/c1-25(23-33-34-32(37)27-13-11-12-26(22-27)20-21-31(36)35-38)24-39(28-14-5-2-6-15-28,29-16-7-3-8-17-29)30-18-9-4-10-19-30/h2-22,25,33,38-39H,23-24H2,1H3,(H,34,37)(H,35,36)/b21-20+. The van der Waals surface area contributed by atoms with Gasteiger partial charge < -0.3 is 0 Å². The Hall–Kier alpha value is -4.09. The molecule has 2 amide bonds. The molecule has 0 spiro atoms. The van der Waals surface area contributed by atoms with Crippen LogP contribution in [0.5, 0.6) is 0 Å². The number of nitrogens with one attached hydrogen (secondary N) is 3. The molecule has 4 aromatic rings. The third-order valence-electron chi connectivity index (χ3n) is 6.79. The van der Waals surface area contributed by atoms with Gasteiger partial charge in [-0.3, -0.25) is 10.0 Å². The summed E-state index contributed by atoms with van der Waals surface area (Å²) in [5.41, 5.74) is 8.65. The first-order valence-corrected chi connectivity index (χ1v) is 15.2. The second-order valence-electron chi connectivity index (χ2n) is 9.58. The molecular weight excluding hydrogens is 505 g/mol. The van der Waals surface area contributed by atoms with Gasteiger partial charge in [0.05, 0.1) is 0 Å². The van der Waals surface area contributed by atoms with Crippen LogP contribution in [0.2, 0.25) is 0 Å². The minimum absolute atomic E-state index is 0.254. The number of hydrazine groups is 1. The third kappa shape index (κ3) is 7.06. The Morgan fingerprint density at radius 2 is 1.33 bits per heavy atom. The molecule has 0 radical (unpaired) electrons. The molecule has 0 fully saturated rings. The van der Waals surface area contributed by atoms with Gasteiger partial charge in [-0.15, -0.1) is 0 Å². The van der Waals surface area contributed by atoms with Crippen LogP contribution in [-0.2, 0) is 4.79 Å². The number of hydroxylamine groups is 1. The van der Waals surface area contributed by atoms with Crippen molar-refractivity contribution in [1.82, 2.24) is 16.3 Å². The number of hydrogen-bond acceptors (Lipinski definition) is 4. The Kier molecular flexibility index (Phi) is 9.76. The number of rotatable bonds is 11. The number of amides is 2. The Morgan fingerprint density at radius 3 is 1.85 bits per heavy atom. The average Bonchev–Trinajstić information content (AvgIpc) is 3.00. The van der Waals surface area contributed by atoms with Crippen LogP contribution >= 0.6 is 7.26 Å². The van der Waals surface area contributed by atoms with E-state index in [1.165, 1.54) is 28.1 Å². The second kappa shape index (κ2) is 13.6. The van der Waals surface area contributed by atoms with E-state index in [0.29, 0.717) is 17.7 Å². The van der Waals surface area contributed by atoms with Crippen LogP contribution in [0.4, 0.5) is 0 Å². The van der Waals surface area contributed by atoms with E-state index in [2.05, 4.69) is 109 Å². The molecule has 4 aromatic carbocycles. The fraction of sp³-hybridized carbons (Fsp3) is 0.125. The molecule has 0 saturated heterocycles. The van der Waals surface area contributed by atoms with E-state index in [9.17, 15) is 9.59 Å². The first-order chi connectivity index (χ1) is 19.0. The zero-order valence-electron chi connectivity index (χ0n) is 21.9. The molecule has 1 atom stereocenters. The summed E-state index contributed by atoms with van der Waals surface area (Å²) in [5.74, 6) is -0.646. The summed E-state index contributed by atoms with van der Waals surface area (Å²) in [4.78, 5) is 24.1. The van der Waals surface area contributed by atoms with Crippen LogP contribution < -0.4 is 32.2 Å². The van der Waals surface area contributed by atoms with Crippen molar-refractivity contribution in [3.05, 3.63) is 132 Å². The van der Waals surface area contributed by atoms with Gasteiger partial charge in [-0.05, 0) is 0 Å². The molecule has 6 nitrogen and oxygen atoms in total. The molecule has 4 N–H and O–H groups in total. The van der Waals surface area contributed by atoms with Gasteiger partial charge in [0, 0.05) is 0 Å². The molecule has 0 aliphatic heterocycles. The summed E-state index contributed by atoms with van der Waals surface area (Å²) in [6.07, 6.45) is 3.68. The first kappa shape index (κ1) is 27.9. The van der Waals surface area contributed by atoms with Gasteiger partial charge in [-0.25, -0.2) is 5.48 Å². The molecule has 0 aliphatic carbocycles.